The Morgan fingerprint density at radius 3 is 2.12 bits per heavy atom. The number of sulfonamides is 1. The molecule has 2 aromatic rings. The van der Waals surface area contributed by atoms with Crippen molar-refractivity contribution in [3.8, 4) is 11.5 Å². The van der Waals surface area contributed by atoms with Gasteiger partial charge in [0, 0.05) is 12.7 Å². The van der Waals surface area contributed by atoms with Crippen molar-refractivity contribution in [2.45, 2.75) is 0 Å². The number of carbonyl (C=O) groups is 1. The Morgan fingerprint density at radius 2 is 1.60 bits per heavy atom. The molecule has 8 heteroatoms. The summed E-state index contributed by atoms with van der Waals surface area (Å²) in [5, 5.41) is 2.71. The number of benzene rings is 2. The minimum absolute atomic E-state index is 0.159. The smallest absolute Gasteiger partial charge is 0.262 e. The van der Waals surface area contributed by atoms with Crippen LogP contribution >= 0.6 is 0 Å². The maximum absolute atomic E-state index is 11.9. The fraction of sp³-hybridized carbons (Fsp3) is 0.235. The first kappa shape index (κ1) is 18.6. The summed E-state index contributed by atoms with van der Waals surface area (Å²) < 4.78 is 34.6. The summed E-state index contributed by atoms with van der Waals surface area (Å²) in [7, 11) is -0.279. The van der Waals surface area contributed by atoms with Gasteiger partial charge in [-0.25, -0.2) is 8.42 Å². The van der Waals surface area contributed by atoms with Gasteiger partial charge in [-0.1, -0.05) is 0 Å². The fourth-order valence-electron chi connectivity index (χ4n) is 1.96. The Bertz CT molecular complexity index is 817. The first-order valence-electron chi connectivity index (χ1n) is 7.40. The molecule has 25 heavy (non-hydrogen) atoms. The van der Waals surface area contributed by atoms with Crippen LogP contribution in [0.15, 0.2) is 48.5 Å². The zero-order valence-corrected chi connectivity index (χ0v) is 15.0. The molecule has 0 spiro atoms. The lowest BCUT2D eigenvalue weighted by molar-refractivity contribution is -0.118. The van der Waals surface area contributed by atoms with E-state index in [4.69, 9.17) is 9.47 Å². The predicted octanol–water partition coefficient (Wildman–Crippen LogP) is 2.11. The number of methoxy groups -OCH3 is 1. The van der Waals surface area contributed by atoms with Crippen molar-refractivity contribution in [1.29, 1.82) is 0 Å². The van der Waals surface area contributed by atoms with Gasteiger partial charge in [-0.15, -0.1) is 0 Å². The minimum atomic E-state index is -3.31. The van der Waals surface area contributed by atoms with E-state index < -0.39 is 10.0 Å². The number of nitrogens with zero attached hydrogens (tertiary/aromatic N) is 1. The maximum Gasteiger partial charge on any atom is 0.262 e. The second kappa shape index (κ2) is 7.89. The SMILES string of the molecule is COc1ccc(NC(=O)COc2ccc(N(C)S(C)(=O)=O)cc2)cc1. The zero-order chi connectivity index (χ0) is 18.4. The number of carbonyl (C=O) groups excluding carboxylic acids is 1. The quantitative estimate of drug-likeness (QED) is 0.813. The number of hydrogen-bond donors (Lipinski definition) is 1. The van der Waals surface area contributed by atoms with Crippen molar-refractivity contribution < 1.29 is 22.7 Å². The largest absolute Gasteiger partial charge is 0.497 e. The van der Waals surface area contributed by atoms with E-state index in [1.54, 1.807) is 55.6 Å². The van der Waals surface area contributed by atoms with Gasteiger partial charge in [-0.3, -0.25) is 9.10 Å². The molecule has 1 amide bonds. The van der Waals surface area contributed by atoms with Crippen LogP contribution in [-0.2, 0) is 14.8 Å². The number of anilines is 2. The molecule has 0 radical (unpaired) electrons. The van der Waals surface area contributed by atoms with E-state index in [9.17, 15) is 13.2 Å². The number of amides is 1. The molecule has 134 valence electrons. The van der Waals surface area contributed by atoms with Crippen LogP contribution in [0.25, 0.3) is 0 Å². The zero-order valence-electron chi connectivity index (χ0n) is 14.2. The van der Waals surface area contributed by atoms with Gasteiger partial charge in [0.2, 0.25) is 10.0 Å². The van der Waals surface area contributed by atoms with Crippen molar-refractivity contribution in [3.63, 3.8) is 0 Å². The highest BCUT2D eigenvalue weighted by Crippen LogP contribution is 2.20. The van der Waals surface area contributed by atoms with Gasteiger partial charge in [0.25, 0.3) is 5.91 Å². The van der Waals surface area contributed by atoms with Gasteiger partial charge in [-0.05, 0) is 48.5 Å². The highest BCUT2D eigenvalue weighted by atomic mass is 32.2. The number of ether oxygens (including phenoxy) is 2. The summed E-state index contributed by atoms with van der Waals surface area (Å²) in [5.41, 5.74) is 1.15. The number of rotatable bonds is 7. The molecule has 0 aromatic heterocycles. The van der Waals surface area contributed by atoms with Crippen molar-refractivity contribution in [1.82, 2.24) is 0 Å². The van der Waals surface area contributed by atoms with Crippen molar-refractivity contribution >= 4 is 27.3 Å². The van der Waals surface area contributed by atoms with Crippen LogP contribution in [-0.4, -0.2) is 41.3 Å². The summed E-state index contributed by atoms with van der Waals surface area (Å²) in [6.45, 7) is -0.159. The van der Waals surface area contributed by atoms with Gasteiger partial charge in [0.1, 0.15) is 11.5 Å². The van der Waals surface area contributed by atoms with Crippen LogP contribution in [0, 0.1) is 0 Å². The van der Waals surface area contributed by atoms with Crippen molar-refractivity contribution in [3.05, 3.63) is 48.5 Å². The van der Waals surface area contributed by atoms with Gasteiger partial charge in [0.15, 0.2) is 6.61 Å². The minimum Gasteiger partial charge on any atom is -0.497 e. The summed E-state index contributed by atoms with van der Waals surface area (Å²) >= 11 is 0. The lowest BCUT2D eigenvalue weighted by Crippen LogP contribution is -2.24. The highest BCUT2D eigenvalue weighted by molar-refractivity contribution is 7.92. The van der Waals surface area contributed by atoms with Crippen molar-refractivity contribution in [2.75, 3.05) is 36.6 Å². The Kier molecular flexibility index (Phi) is 5.87. The lowest BCUT2D eigenvalue weighted by atomic mass is 10.3. The maximum atomic E-state index is 11.9. The monoisotopic (exact) mass is 364 g/mol. The second-order valence-corrected chi connectivity index (χ2v) is 7.30. The van der Waals surface area contributed by atoms with Crippen LogP contribution in [0.1, 0.15) is 0 Å². The molecule has 0 aliphatic rings. The molecule has 0 fully saturated rings. The normalized spacial score (nSPS) is 10.8. The van der Waals surface area contributed by atoms with E-state index in [2.05, 4.69) is 5.32 Å². The standard InChI is InChI=1S/C17H20N2O5S/c1-19(25(3,21)22)14-6-10-16(11-7-14)24-12-17(20)18-13-4-8-15(23-2)9-5-13/h4-11H,12H2,1-3H3,(H,18,20). The topological polar surface area (TPSA) is 84.9 Å². The van der Waals surface area contributed by atoms with Gasteiger partial charge in [0.05, 0.1) is 19.1 Å². The summed E-state index contributed by atoms with van der Waals surface area (Å²) in [4.78, 5) is 11.9. The van der Waals surface area contributed by atoms with Crippen LogP contribution in [0.5, 0.6) is 11.5 Å². The summed E-state index contributed by atoms with van der Waals surface area (Å²) in [5.74, 6) is 0.867. The molecule has 0 aliphatic heterocycles. The molecule has 2 aromatic carbocycles. The molecule has 2 rings (SSSR count). The molecule has 0 saturated heterocycles. The van der Waals surface area contributed by atoms with Gasteiger partial charge < -0.3 is 14.8 Å². The van der Waals surface area contributed by atoms with Crippen LogP contribution in [0.4, 0.5) is 11.4 Å². The van der Waals surface area contributed by atoms with E-state index in [0.29, 0.717) is 22.9 Å². The molecule has 0 heterocycles. The highest BCUT2D eigenvalue weighted by Gasteiger charge is 2.11. The first-order chi connectivity index (χ1) is 11.8. The third-order valence-corrected chi connectivity index (χ3v) is 4.65. The third kappa shape index (κ3) is 5.39. The van der Waals surface area contributed by atoms with Crippen LogP contribution in [0.3, 0.4) is 0 Å². The molecule has 1 N–H and O–H groups in total. The molecular weight excluding hydrogens is 344 g/mol. The van der Waals surface area contributed by atoms with Crippen LogP contribution < -0.4 is 19.1 Å². The third-order valence-electron chi connectivity index (χ3n) is 3.44. The lowest BCUT2D eigenvalue weighted by Gasteiger charge is -2.16. The molecule has 0 unspecified atom stereocenters. The average molecular weight is 364 g/mol. The van der Waals surface area contributed by atoms with Crippen molar-refractivity contribution in [2.24, 2.45) is 0 Å². The number of nitrogens with one attached hydrogen (secondary N) is 1. The van der Waals surface area contributed by atoms with E-state index >= 15 is 0 Å². The van der Waals surface area contributed by atoms with Gasteiger partial charge in [-0.2, -0.15) is 0 Å². The Balaban J connectivity index is 1.89. The molecule has 0 bridgehead atoms. The Morgan fingerprint density at radius 1 is 1.04 bits per heavy atom. The van der Waals surface area contributed by atoms with E-state index in [0.717, 1.165) is 10.6 Å². The average Bonchev–Trinajstić information content (AvgIpc) is 2.59. The molecule has 7 nitrogen and oxygen atoms in total. The second-order valence-electron chi connectivity index (χ2n) is 5.29. The molecule has 0 aliphatic carbocycles. The molecule has 0 atom stereocenters. The van der Waals surface area contributed by atoms with E-state index in [-0.39, 0.29) is 12.5 Å². The summed E-state index contributed by atoms with van der Waals surface area (Å²) in [6.07, 6.45) is 1.13. The van der Waals surface area contributed by atoms with E-state index in [1.165, 1.54) is 7.05 Å². The number of hydrogen-bond acceptors (Lipinski definition) is 5. The van der Waals surface area contributed by atoms with E-state index in [1.807, 2.05) is 0 Å². The predicted molar refractivity (Wildman–Crippen MR) is 96.8 cm³/mol. The van der Waals surface area contributed by atoms with Gasteiger partial charge >= 0.3 is 0 Å². The first-order valence-corrected chi connectivity index (χ1v) is 9.25. The molecule has 0 saturated carbocycles. The Hall–Kier alpha value is -2.74. The van der Waals surface area contributed by atoms with Crippen LogP contribution in [0.2, 0.25) is 0 Å². The molecular formula is C17H20N2O5S. The summed E-state index contributed by atoms with van der Waals surface area (Å²) in [6, 6.07) is 13.4. The fourth-order valence-corrected chi connectivity index (χ4v) is 2.47. The Labute approximate surface area is 147 Å².